The lowest BCUT2D eigenvalue weighted by atomic mass is 10.1. The van der Waals surface area contributed by atoms with Crippen LogP contribution in [0, 0.1) is 15.9 Å². The van der Waals surface area contributed by atoms with Gasteiger partial charge in [0.05, 0.1) is 36.0 Å². The lowest BCUT2D eigenvalue weighted by Crippen LogP contribution is -2.44. The Morgan fingerprint density at radius 2 is 2.29 bits per heavy atom. The Balaban J connectivity index is 2.42. The molecular formula is C12H13FN2O6. The first-order chi connectivity index (χ1) is 9.93. The molecule has 1 atom stereocenters. The molecule has 2 rings (SSSR count). The maximum absolute atomic E-state index is 14.0. The summed E-state index contributed by atoms with van der Waals surface area (Å²) in [6.07, 6.45) is -0.512. The van der Waals surface area contributed by atoms with Crippen LogP contribution in [-0.2, 0) is 4.74 Å². The second-order valence-corrected chi connectivity index (χ2v) is 4.50. The lowest BCUT2D eigenvalue weighted by molar-refractivity contribution is -0.385. The van der Waals surface area contributed by atoms with E-state index in [-0.39, 0.29) is 25.4 Å². The summed E-state index contributed by atoms with van der Waals surface area (Å²) in [5, 5.41) is 28.8. The number of carboxylic acid groups (broad SMARTS) is 1. The second-order valence-electron chi connectivity index (χ2n) is 4.50. The lowest BCUT2D eigenvalue weighted by Gasteiger charge is -2.33. The summed E-state index contributed by atoms with van der Waals surface area (Å²) in [4.78, 5) is 22.4. The monoisotopic (exact) mass is 300 g/mol. The molecule has 21 heavy (non-hydrogen) atoms. The van der Waals surface area contributed by atoms with E-state index >= 15 is 0 Å². The Morgan fingerprint density at radius 1 is 1.57 bits per heavy atom. The number of carbonyl (C=O) groups is 1. The van der Waals surface area contributed by atoms with E-state index < -0.39 is 34.1 Å². The van der Waals surface area contributed by atoms with Crippen LogP contribution >= 0.6 is 0 Å². The third kappa shape index (κ3) is 3.09. The molecule has 0 amide bonds. The number of aromatic carboxylic acids is 1. The number of benzene rings is 1. The molecule has 0 spiro atoms. The normalized spacial score (nSPS) is 18.6. The fourth-order valence-corrected chi connectivity index (χ4v) is 2.16. The third-order valence-electron chi connectivity index (χ3n) is 3.18. The van der Waals surface area contributed by atoms with Crippen molar-refractivity contribution in [3.8, 4) is 0 Å². The molecule has 0 saturated carbocycles. The highest BCUT2D eigenvalue weighted by Crippen LogP contribution is 2.29. The number of hydrogen-bond donors (Lipinski definition) is 2. The van der Waals surface area contributed by atoms with Crippen molar-refractivity contribution in [3.05, 3.63) is 33.6 Å². The first-order valence-corrected chi connectivity index (χ1v) is 6.12. The van der Waals surface area contributed by atoms with Crippen LogP contribution in [-0.4, -0.2) is 53.5 Å². The minimum absolute atomic E-state index is 0.0558. The average molecular weight is 300 g/mol. The summed E-state index contributed by atoms with van der Waals surface area (Å²) in [6.45, 7) is 0.454. The molecule has 1 saturated heterocycles. The van der Waals surface area contributed by atoms with Gasteiger partial charge in [-0.3, -0.25) is 10.1 Å². The molecule has 0 aliphatic carbocycles. The van der Waals surface area contributed by atoms with Crippen LogP contribution in [0.4, 0.5) is 15.8 Å². The van der Waals surface area contributed by atoms with Gasteiger partial charge in [-0.25, -0.2) is 9.18 Å². The standard InChI is InChI=1S/C12H13FN2O6/c13-9-4-10(15(19)20)8(12(17)18)3-11(9)14-1-2-21-7(5-14)6-16/h3-4,7,16H,1-2,5-6H2,(H,17,18). The zero-order valence-electron chi connectivity index (χ0n) is 10.9. The van der Waals surface area contributed by atoms with Crippen molar-refractivity contribution < 1.29 is 29.1 Å². The van der Waals surface area contributed by atoms with E-state index in [1.807, 2.05) is 0 Å². The molecule has 1 unspecified atom stereocenters. The van der Waals surface area contributed by atoms with Crippen LogP contribution in [0.3, 0.4) is 0 Å². The van der Waals surface area contributed by atoms with Crippen molar-refractivity contribution in [2.24, 2.45) is 0 Å². The highest BCUT2D eigenvalue weighted by atomic mass is 19.1. The Morgan fingerprint density at radius 3 is 2.86 bits per heavy atom. The summed E-state index contributed by atoms with van der Waals surface area (Å²) >= 11 is 0. The second kappa shape index (κ2) is 6.02. The zero-order valence-corrected chi connectivity index (χ0v) is 10.9. The van der Waals surface area contributed by atoms with E-state index in [0.29, 0.717) is 12.6 Å². The highest BCUT2D eigenvalue weighted by Gasteiger charge is 2.28. The van der Waals surface area contributed by atoms with Crippen molar-refractivity contribution in [3.63, 3.8) is 0 Å². The van der Waals surface area contributed by atoms with E-state index in [1.165, 1.54) is 4.90 Å². The summed E-state index contributed by atoms with van der Waals surface area (Å²) in [7, 11) is 0. The largest absolute Gasteiger partial charge is 0.477 e. The van der Waals surface area contributed by atoms with E-state index in [2.05, 4.69) is 0 Å². The molecule has 2 N–H and O–H groups in total. The van der Waals surface area contributed by atoms with Crippen molar-refractivity contribution in [1.82, 2.24) is 0 Å². The smallest absolute Gasteiger partial charge is 0.342 e. The number of ether oxygens (including phenoxy) is 1. The number of hydrogen-bond acceptors (Lipinski definition) is 6. The highest BCUT2D eigenvalue weighted by molar-refractivity contribution is 5.93. The Kier molecular flexibility index (Phi) is 4.34. The Bertz CT molecular complexity index is 579. The van der Waals surface area contributed by atoms with Gasteiger partial charge in [-0.1, -0.05) is 0 Å². The van der Waals surface area contributed by atoms with E-state index in [0.717, 1.165) is 6.07 Å². The van der Waals surface area contributed by atoms with Crippen LogP contribution in [0.2, 0.25) is 0 Å². The van der Waals surface area contributed by atoms with Gasteiger partial charge in [-0.2, -0.15) is 0 Å². The van der Waals surface area contributed by atoms with Gasteiger partial charge < -0.3 is 19.8 Å². The molecule has 1 fully saturated rings. The van der Waals surface area contributed by atoms with E-state index in [9.17, 15) is 19.3 Å². The summed E-state index contributed by atoms with van der Waals surface area (Å²) in [5.74, 6) is -2.39. The molecule has 1 aliphatic heterocycles. The number of aliphatic hydroxyl groups excluding tert-OH is 1. The first kappa shape index (κ1) is 15.1. The molecule has 1 aromatic carbocycles. The number of nitrogens with zero attached hydrogens (tertiary/aromatic N) is 2. The average Bonchev–Trinajstić information content (AvgIpc) is 2.46. The predicted molar refractivity (Wildman–Crippen MR) is 69.1 cm³/mol. The quantitative estimate of drug-likeness (QED) is 0.619. The molecule has 1 aromatic rings. The van der Waals surface area contributed by atoms with Crippen LogP contribution in [0.5, 0.6) is 0 Å². The van der Waals surface area contributed by atoms with Gasteiger partial charge in [-0.05, 0) is 6.07 Å². The number of morpholine rings is 1. The topological polar surface area (TPSA) is 113 Å². The molecule has 114 valence electrons. The Labute approximate surface area is 118 Å². The maximum atomic E-state index is 14.0. The summed E-state index contributed by atoms with van der Waals surface area (Å²) in [6, 6.07) is 1.54. The van der Waals surface area contributed by atoms with Crippen LogP contribution in [0.25, 0.3) is 0 Å². The first-order valence-electron chi connectivity index (χ1n) is 6.12. The van der Waals surface area contributed by atoms with Gasteiger partial charge in [-0.15, -0.1) is 0 Å². The zero-order chi connectivity index (χ0) is 15.6. The summed E-state index contributed by atoms with van der Waals surface area (Å²) in [5.41, 5.74) is -1.43. The number of aliphatic hydroxyl groups is 1. The maximum Gasteiger partial charge on any atom is 0.342 e. The molecule has 0 bridgehead atoms. The Hall–Kier alpha value is -2.26. The molecule has 0 radical (unpaired) electrons. The molecule has 0 aromatic heterocycles. The van der Waals surface area contributed by atoms with Gasteiger partial charge in [0, 0.05) is 13.1 Å². The van der Waals surface area contributed by atoms with E-state index in [4.69, 9.17) is 14.9 Å². The number of rotatable bonds is 4. The molecule has 1 aliphatic rings. The van der Waals surface area contributed by atoms with Crippen molar-refractivity contribution in [2.45, 2.75) is 6.10 Å². The van der Waals surface area contributed by atoms with Crippen molar-refractivity contribution in [1.29, 1.82) is 0 Å². The molecular weight excluding hydrogens is 287 g/mol. The van der Waals surface area contributed by atoms with Gasteiger partial charge in [0.25, 0.3) is 5.69 Å². The number of nitro benzene ring substituents is 1. The summed E-state index contributed by atoms with van der Waals surface area (Å²) < 4.78 is 19.2. The van der Waals surface area contributed by atoms with Crippen molar-refractivity contribution in [2.75, 3.05) is 31.2 Å². The number of halogens is 1. The van der Waals surface area contributed by atoms with Gasteiger partial charge in [0.15, 0.2) is 5.82 Å². The third-order valence-corrected chi connectivity index (χ3v) is 3.18. The number of anilines is 1. The van der Waals surface area contributed by atoms with Gasteiger partial charge in [0.2, 0.25) is 0 Å². The minimum atomic E-state index is -1.50. The fraction of sp³-hybridized carbons (Fsp3) is 0.417. The van der Waals surface area contributed by atoms with Crippen LogP contribution in [0.1, 0.15) is 10.4 Å². The number of nitro groups is 1. The van der Waals surface area contributed by atoms with E-state index in [1.54, 1.807) is 0 Å². The van der Waals surface area contributed by atoms with Crippen molar-refractivity contribution >= 4 is 17.3 Å². The molecule has 8 nitrogen and oxygen atoms in total. The predicted octanol–water partition coefficient (Wildman–Crippen LogP) is 0.630. The van der Waals surface area contributed by atoms with Crippen LogP contribution in [0.15, 0.2) is 12.1 Å². The molecule has 1 heterocycles. The SMILES string of the molecule is O=C(O)c1cc(N2CCOC(CO)C2)c(F)cc1[N+](=O)[O-]. The van der Waals surface area contributed by atoms with Crippen LogP contribution < -0.4 is 4.90 Å². The van der Waals surface area contributed by atoms with Gasteiger partial charge >= 0.3 is 5.97 Å². The fourth-order valence-electron chi connectivity index (χ4n) is 2.16. The van der Waals surface area contributed by atoms with Gasteiger partial charge in [0.1, 0.15) is 5.56 Å². The molecule has 9 heteroatoms. The number of carboxylic acids is 1. The minimum Gasteiger partial charge on any atom is -0.477 e.